The predicted octanol–water partition coefficient (Wildman–Crippen LogP) is 0.667. The molecule has 0 saturated heterocycles. The molecular formula is C12H17FN2O3S. The molecule has 0 bridgehead atoms. The molecule has 106 valence electrons. The number of methoxy groups -OCH3 is 1. The van der Waals surface area contributed by atoms with Crippen molar-refractivity contribution in [2.75, 3.05) is 26.0 Å². The molecule has 1 rings (SSSR count). The number of carbonyl (C=O) groups excluding carboxylic acids is 1. The lowest BCUT2D eigenvalue weighted by atomic mass is 10.3. The topological polar surface area (TPSA) is 81.4 Å². The summed E-state index contributed by atoms with van der Waals surface area (Å²) in [6, 6.07) is 3.60. The van der Waals surface area contributed by atoms with Gasteiger partial charge in [-0.25, -0.2) is 4.39 Å². The van der Waals surface area contributed by atoms with Crippen molar-refractivity contribution in [3.63, 3.8) is 0 Å². The van der Waals surface area contributed by atoms with Crippen molar-refractivity contribution in [3.8, 4) is 0 Å². The molecule has 7 heteroatoms. The average Bonchev–Trinajstić information content (AvgIpc) is 2.40. The van der Waals surface area contributed by atoms with E-state index >= 15 is 0 Å². The summed E-state index contributed by atoms with van der Waals surface area (Å²) >= 11 is 0. The summed E-state index contributed by atoms with van der Waals surface area (Å²) < 4.78 is 30.1. The van der Waals surface area contributed by atoms with E-state index in [-0.39, 0.29) is 16.5 Å². The van der Waals surface area contributed by atoms with Gasteiger partial charge in [-0.1, -0.05) is 0 Å². The minimum atomic E-state index is -1.70. The van der Waals surface area contributed by atoms with Crippen LogP contribution in [-0.2, 0) is 20.3 Å². The number of hydrogen-bond donors (Lipinski definition) is 2. The van der Waals surface area contributed by atoms with Crippen LogP contribution in [0.2, 0.25) is 0 Å². The van der Waals surface area contributed by atoms with Gasteiger partial charge in [0, 0.05) is 19.3 Å². The van der Waals surface area contributed by atoms with Gasteiger partial charge in [-0.15, -0.1) is 0 Å². The molecule has 0 radical (unpaired) electrons. The van der Waals surface area contributed by atoms with Crippen LogP contribution in [0.3, 0.4) is 0 Å². The first kappa shape index (κ1) is 15.6. The third-order valence-electron chi connectivity index (χ3n) is 2.49. The number of nitrogens with two attached hydrogens (primary N) is 1. The second kappa shape index (κ2) is 7.20. The van der Waals surface area contributed by atoms with E-state index in [1.54, 1.807) is 0 Å². The molecule has 1 aromatic carbocycles. The average molecular weight is 288 g/mol. The largest absolute Gasteiger partial charge is 0.398 e. The lowest BCUT2D eigenvalue weighted by molar-refractivity contribution is -0.120. The second-order valence-corrected chi connectivity index (χ2v) is 5.65. The van der Waals surface area contributed by atoms with Crippen LogP contribution < -0.4 is 11.1 Å². The number of rotatable bonds is 6. The van der Waals surface area contributed by atoms with Gasteiger partial charge in [0.2, 0.25) is 5.91 Å². The van der Waals surface area contributed by atoms with Gasteiger partial charge in [0.05, 0.1) is 22.3 Å². The molecule has 1 amide bonds. The quantitative estimate of drug-likeness (QED) is 0.595. The van der Waals surface area contributed by atoms with Crippen LogP contribution in [0.4, 0.5) is 10.1 Å². The fourth-order valence-electron chi connectivity index (χ4n) is 1.39. The van der Waals surface area contributed by atoms with Crippen LogP contribution in [0.1, 0.15) is 6.92 Å². The molecule has 0 heterocycles. The zero-order valence-corrected chi connectivity index (χ0v) is 11.6. The smallest absolute Gasteiger partial charge is 0.235 e. The summed E-state index contributed by atoms with van der Waals surface area (Å²) in [6.07, 6.45) is 0. The molecule has 0 saturated carbocycles. The second-order valence-electron chi connectivity index (χ2n) is 3.91. The molecule has 0 spiro atoms. The summed E-state index contributed by atoms with van der Waals surface area (Å²) in [7, 11) is -0.188. The first-order valence-electron chi connectivity index (χ1n) is 5.69. The fraction of sp³-hybridized carbons (Fsp3) is 0.417. The third-order valence-corrected chi connectivity index (χ3v) is 4.13. The van der Waals surface area contributed by atoms with Crippen LogP contribution in [0.25, 0.3) is 0 Å². The molecule has 0 aromatic heterocycles. The number of carbonyl (C=O) groups is 1. The number of amides is 1. The number of nitrogen functional groups attached to an aromatic ring is 1. The van der Waals surface area contributed by atoms with Crippen molar-refractivity contribution in [2.24, 2.45) is 0 Å². The maximum Gasteiger partial charge on any atom is 0.235 e. The van der Waals surface area contributed by atoms with E-state index in [2.05, 4.69) is 5.32 Å². The van der Waals surface area contributed by atoms with E-state index in [1.165, 1.54) is 26.2 Å². The molecule has 2 atom stereocenters. The number of ether oxygens (including phenoxy) is 1. The van der Waals surface area contributed by atoms with Gasteiger partial charge < -0.3 is 15.8 Å². The van der Waals surface area contributed by atoms with E-state index < -0.39 is 21.9 Å². The minimum Gasteiger partial charge on any atom is -0.398 e. The number of hydrogen-bond acceptors (Lipinski definition) is 4. The summed E-state index contributed by atoms with van der Waals surface area (Å²) in [5.41, 5.74) is 5.84. The normalized spacial score (nSPS) is 13.8. The zero-order valence-electron chi connectivity index (χ0n) is 10.8. The zero-order chi connectivity index (χ0) is 14.4. The van der Waals surface area contributed by atoms with Crippen LogP contribution in [0.15, 0.2) is 23.1 Å². The summed E-state index contributed by atoms with van der Waals surface area (Å²) in [6.45, 7) is 2.20. The van der Waals surface area contributed by atoms with E-state index in [9.17, 15) is 13.4 Å². The van der Waals surface area contributed by atoms with Gasteiger partial charge in [-0.05, 0) is 25.1 Å². The van der Waals surface area contributed by atoms with Crippen LogP contribution in [0.5, 0.6) is 0 Å². The Morgan fingerprint density at radius 2 is 2.26 bits per heavy atom. The number of halogens is 1. The van der Waals surface area contributed by atoms with Crippen molar-refractivity contribution in [1.29, 1.82) is 0 Å². The Labute approximate surface area is 113 Å². The van der Waals surface area contributed by atoms with Crippen molar-refractivity contribution in [2.45, 2.75) is 17.1 Å². The van der Waals surface area contributed by atoms with Gasteiger partial charge in [0.1, 0.15) is 11.1 Å². The lowest BCUT2D eigenvalue weighted by Gasteiger charge is -2.13. The summed E-state index contributed by atoms with van der Waals surface area (Å²) in [5.74, 6) is -0.927. The Bertz CT molecular complexity index is 482. The van der Waals surface area contributed by atoms with Gasteiger partial charge in [0.15, 0.2) is 0 Å². The highest BCUT2D eigenvalue weighted by Gasteiger charge is 2.23. The molecule has 0 fully saturated rings. The Kier molecular flexibility index (Phi) is 5.91. The Hall–Kier alpha value is -1.47. The maximum atomic E-state index is 13.1. The molecule has 2 unspecified atom stereocenters. The molecule has 0 aliphatic heterocycles. The third kappa shape index (κ3) is 4.29. The summed E-state index contributed by atoms with van der Waals surface area (Å²) in [4.78, 5) is 11.9. The Morgan fingerprint density at radius 1 is 1.58 bits per heavy atom. The Balaban J connectivity index is 2.76. The summed E-state index contributed by atoms with van der Waals surface area (Å²) in [5, 5.41) is 1.76. The molecule has 5 nitrogen and oxygen atoms in total. The number of anilines is 1. The first-order valence-corrected chi connectivity index (χ1v) is 6.91. The maximum absolute atomic E-state index is 13.1. The lowest BCUT2D eigenvalue weighted by Crippen LogP contribution is -2.37. The standard InChI is InChI=1S/C12H17FN2O3S/c1-8(12(16)15-5-6-18-2)19(17)11-7-9(13)3-4-10(11)14/h3-4,7-8H,5-6,14H2,1-2H3,(H,15,16). The van der Waals surface area contributed by atoms with Crippen LogP contribution in [-0.4, -0.2) is 35.6 Å². The number of nitrogens with one attached hydrogen (secondary N) is 1. The molecule has 0 aliphatic rings. The predicted molar refractivity (Wildman–Crippen MR) is 71.6 cm³/mol. The van der Waals surface area contributed by atoms with Crippen LogP contribution in [0, 0.1) is 5.82 Å². The van der Waals surface area contributed by atoms with Crippen LogP contribution >= 0.6 is 0 Å². The van der Waals surface area contributed by atoms with Gasteiger partial charge >= 0.3 is 0 Å². The molecule has 1 aromatic rings. The van der Waals surface area contributed by atoms with E-state index in [1.807, 2.05) is 0 Å². The van der Waals surface area contributed by atoms with Crippen molar-refractivity contribution < 1.29 is 18.1 Å². The van der Waals surface area contributed by atoms with Gasteiger partial charge in [-0.3, -0.25) is 9.00 Å². The highest BCUT2D eigenvalue weighted by Crippen LogP contribution is 2.20. The van der Waals surface area contributed by atoms with E-state index in [0.717, 1.165) is 6.07 Å². The van der Waals surface area contributed by atoms with Crippen molar-refractivity contribution >= 4 is 22.4 Å². The molecule has 0 aliphatic carbocycles. The fourth-order valence-corrected chi connectivity index (χ4v) is 2.58. The van der Waals surface area contributed by atoms with E-state index in [0.29, 0.717) is 13.2 Å². The SMILES string of the molecule is COCCNC(=O)C(C)S(=O)c1cc(F)ccc1N. The molecule has 3 N–H and O–H groups in total. The number of benzene rings is 1. The highest BCUT2D eigenvalue weighted by molar-refractivity contribution is 7.86. The van der Waals surface area contributed by atoms with Gasteiger partial charge in [-0.2, -0.15) is 0 Å². The van der Waals surface area contributed by atoms with E-state index in [4.69, 9.17) is 10.5 Å². The first-order chi connectivity index (χ1) is 8.97. The highest BCUT2D eigenvalue weighted by atomic mass is 32.2. The van der Waals surface area contributed by atoms with Gasteiger partial charge in [0.25, 0.3) is 0 Å². The monoisotopic (exact) mass is 288 g/mol. The Morgan fingerprint density at radius 3 is 2.89 bits per heavy atom. The van der Waals surface area contributed by atoms with Crippen molar-refractivity contribution in [1.82, 2.24) is 5.32 Å². The molecular weight excluding hydrogens is 271 g/mol. The van der Waals surface area contributed by atoms with Crippen molar-refractivity contribution in [3.05, 3.63) is 24.0 Å². The minimum absolute atomic E-state index is 0.134. The molecule has 19 heavy (non-hydrogen) atoms.